The van der Waals surface area contributed by atoms with Crippen molar-refractivity contribution in [3.05, 3.63) is 12.2 Å². The Morgan fingerprint density at radius 3 is 2.78 bits per heavy atom. The zero-order chi connectivity index (χ0) is 6.85. The summed E-state index contributed by atoms with van der Waals surface area (Å²) in [6.07, 6.45) is 2.79. The van der Waals surface area contributed by atoms with Crippen LogP contribution in [0.1, 0.15) is 0 Å². The molecule has 2 nitrogen and oxygen atoms in total. The minimum Gasteiger partial charge on any atom is -0.267 e. The fourth-order valence-electron chi connectivity index (χ4n) is 0.450. The molecule has 0 fully saturated rings. The van der Waals surface area contributed by atoms with E-state index in [2.05, 4.69) is 4.99 Å². The summed E-state index contributed by atoms with van der Waals surface area (Å²) in [5, 5.41) is -0.284. The summed E-state index contributed by atoms with van der Waals surface area (Å²) in [7, 11) is 0. The molecule has 0 saturated heterocycles. The fourth-order valence-corrected chi connectivity index (χ4v) is 0.728. The lowest BCUT2D eigenvalue weighted by molar-refractivity contribution is -0.113. The van der Waals surface area contributed by atoms with E-state index in [0.717, 1.165) is 0 Å². The Morgan fingerprint density at radius 2 is 2.33 bits per heavy atom. The normalized spacial score (nSPS) is 26.2. The van der Waals surface area contributed by atoms with E-state index in [9.17, 15) is 4.79 Å². The van der Waals surface area contributed by atoms with Crippen LogP contribution in [0.15, 0.2) is 17.1 Å². The molecule has 0 saturated carbocycles. The molecular weight excluding hydrogens is 161 g/mol. The van der Waals surface area contributed by atoms with Crippen LogP contribution < -0.4 is 0 Å². The van der Waals surface area contributed by atoms with E-state index in [0.29, 0.717) is 0 Å². The largest absolute Gasteiger partial charge is 0.270 e. The molecule has 1 aliphatic rings. The Balaban J connectivity index is 2.82. The van der Waals surface area contributed by atoms with Crippen molar-refractivity contribution in [3.63, 3.8) is 0 Å². The van der Waals surface area contributed by atoms with Crippen LogP contribution in [0, 0.1) is 0 Å². The highest BCUT2D eigenvalue weighted by atomic mass is 35.5. The van der Waals surface area contributed by atoms with E-state index in [-0.39, 0.29) is 11.1 Å². The van der Waals surface area contributed by atoms with E-state index in [1.165, 1.54) is 12.2 Å². The molecule has 1 heterocycles. The SMILES string of the molecule is O=C1C=CC(Cl)C(Cl)=N1. The maximum absolute atomic E-state index is 10.4. The molecule has 0 radical (unpaired) electrons. The molecular formula is C5H3Cl2NO. The Labute approximate surface area is 62.2 Å². The van der Waals surface area contributed by atoms with Crippen molar-refractivity contribution in [3.8, 4) is 0 Å². The van der Waals surface area contributed by atoms with Crippen LogP contribution in [0.3, 0.4) is 0 Å². The summed E-state index contributed by atoms with van der Waals surface area (Å²) in [6, 6.07) is 0. The number of amides is 1. The van der Waals surface area contributed by atoms with Gasteiger partial charge in [-0.15, -0.1) is 11.6 Å². The highest BCUT2D eigenvalue weighted by Gasteiger charge is 2.12. The third-order valence-electron chi connectivity index (χ3n) is 0.852. The van der Waals surface area contributed by atoms with Gasteiger partial charge in [0.2, 0.25) is 0 Å². The lowest BCUT2D eigenvalue weighted by Gasteiger charge is -2.02. The molecule has 0 bridgehead atoms. The van der Waals surface area contributed by atoms with Crippen LogP contribution in [-0.2, 0) is 4.79 Å². The zero-order valence-corrected chi connectivity index (χ0v) is 5.86. The Bertz CT molecular complexity index is 197. The Kier molecular flexibility index (Phi) is 1.88. The highest BCUT2D eigenvalue weighted by molar-refractivity contribution is 6.72. The number of rotatable bonds is 0. The van der Waals surface area contributed by atoms with Crippen molar-refractivity contribution in [2.24, 2.45) is 4.99 Å². The smallest absolute Gasteiger partial charge is 0.267 e. The van der Waals surface area contributed by atoms with Crippen molar-refractivity contribution in [1.29, 1.82) is 0 Å². The average Bonchev–Trinajstić information content (AvgIpc) is 1.80. The molecule has 0 aromatic rings. The maximum Gasteiger partial charge on any atom is 0.270 e. The van der Waals surface area contributed by atoms with E-state index < -0.39 is 5.38 Å². The van der Waals surface area contributed by atoms with Gasteiger partial charge in [0, 0.05) is 6.08 Å². The molecule has 48 valence electrons. The minimum atomic E-state index is -0.427. The average molecular weight is 164 g/mol. The van der Waals surface area contributed by atoms with Gasteiger partial charge < -0.3 is 0 Å². The minimum absolute atomic E-state index is 0.143. The molecule has 0 aromatic heterocycles. The summed E-state index contributed by atoms with van der Waals surface area (Å²) in [6.45, 7) is 0. The van der Waals surface area contributed by atoms with Gasteiger partial charge in [-0.1, -0.05) is 17.7 Å². The molecule has 9 heavy (non-hydrogen) atoms. The number of carbonyl (C=O) groups excluding carboxylic acids is 1. The molecule has 1 atom stereocenters. The summed E-state index contributed by atoms with van der Waals surface area (Å²) in [5.74, 6) is -0.350. The van der Waals surface area contributed by atoms with E-state index >= 15 is 0 Å². The Hall–Kier alpha value is -0.340. The molecule has 4 heteroatoms. The van der Waals surface area contributed by atoms with Gasteiger partial charge in [0.05, 0.1) is 0 Å². The van der Waals surface area contributed by atoms with Crippen LogP contribution >= 0.6 is 23.2 Å². The van der Waals surface area contributed by atoms with Crippen molar-refractivity contribution in [2.45, 2.75) is 5.38 Å². The number of allylic oxidation sites excluding steroid dienone is 1. The first kappa shape index (κ1) is 6.78. The number of carbonyl (C=O) groups is 1. The van der Waals surface area contributed by atoms with Gasteiger partial charge in [0.1, 0.15) is 10.5 Å². The summed E-state index contributed by atoms with van der Waals surface area (Å²) in [4.78, 5) is 13.8. The highest BCUT2D eigenvalue weighted by Crippen LogP contribution is 2.09. The lowest BCUT2D eigenvalue weighted by atomic mass is 10.3. The van der Waals surface area contributed by atoms with Crippen LogP contribution in [0.25, 0.3) is 0 Å². The topological polar surface area (TPSA) is 29.4 Å². The van der Waals surface area contributed by atoms with E-state index in [1.807, 2.05) is 0 Å². The third-order valence-corrected chi connectivity index (χ3v) is 1.64. The van der Waals surface area contributed by atoms with Gasteiger partial charge in [-0.3, -0.25) is 4.79 Å². The molecule has 1 rings (SSSR count). The van der Waals surface area contributed by atoms with E-state index in [4.69, 9.17) is 23.2 Å². The molecule has 1 aliphatic heterocycles. The summed E-state index contributed by atoms with van der Waals surface area (Å²) >= 11 is 10.9. The van der Waals surface area contributed by atoms with Gasteiger partial charge in [-0.2, -0.15) is 0 Å². The first-order valence-electron chi connectivity index (χ1n) is 2.30. The van der Waals surface area contributed by atoms with Gasteiger partial charge in [0.25, 0.3) is 5.91 Å². The number of hydrogen-bond donors (Lipinski definition) is 0. The van der Waals surface area contributed by atoms with Gasteiger partial charge >= 0.3 is 0 Å². The lowest BCUT2D eigenvalue weighted by Crippen LogP contribution is -2.11. The van der Waals surface area contributed by atoms with Crippen molar-refractivity contribution in [2.75, 3.05) is 0 Å². The number of nitrogens with zero attached hydrogens (tertiary/aromatic N) is 1. The number of aliphatic imine (C=N–C) groups is 1. The van der Waals surface area contributed by atoms with Gasteiger partial charge in [-0.05, 0) is 0 Å². The molecule has 1 unspecified atom stereocenters. The first-order valence-corrected chi connectivity index (χ1v) is 3.12. The van der Waals surface area contributed by atoms with Crippen molar-refractivity contribution < 1.29 is 4.79 Å². The van der Waals surface area contributed by atoms with E-state index in [1.54, 1.807) is 0 Å². The van der Waals surface area contributed by atoms with Crippen molar-refractivity contribution in [1.82, 2.24) is 0 Å². The molecule has 0 aromatic carbocycles. The van der Waals surface area contributed by atoms with Crippen LogP contribution in [-0.4, -0.2) is 16.5 Å². The molecule has 1 amide bonds. The molecule has 0 aliphatic carbocycles. The quantitative estimate of drug-likeness (QED) is 0.496. The van der Waals surface area contributed by atoms with Crippen LogP contribution in [0.5, 0.6) is 0 Å². The number of alkyl halides is 1. The monoisotopic (exact) mass is 163 g/mol. The summed E-state index contributed by atoms with van der Waals surface area (Å²) in [5.41, 5.74) is 0. The van der Waals surface area contributed by atoms with Crippen LogP contribution in [0.2, 0.25) is 0 Å². The van der Waals surface area contributed by atoms with Crippen molar-refractivity contribution >= 4 is 34.3 Å². The number of hydrogen-bond acceptors (Lipinski definition) is 1. The molecule has 0 spiro atoms. The predicted octanol–water partition coefficient (Wildman–Crippen LogP) is 1.33. The number of dihydropyridines is 1. The Morgan fingerprint density at radius 1 is 1.67 bits per heavy atom. The predicted molar refractivity (Wildman–Crippen MR) is 37.1 cm³/mol. The fraction of sp³-hybridized carbons (Fsp3) is 0.200. The van der Waals surface area contributed by atoms with Gasteiger partial charge in [-0.25, -0.2) is 4.99 Å². The number of halogens is 2. The first-order chi connectivity index (χ1) is 4.20. The van der Waals surface area contributed by atoms with Gasteiger partial charge in [0.15, 0.2) is 0 Å². The zero-order valence-electron chi connectivity index (χ0n) is 4.34. The van der Waals surface area contributed by atoms with Crippen LogP contribution in [0.4, 0.5) is 0 Å². The second kappa shape index (κ2) is 2.50. The second-order valence-electron chi connectivity index (χ2n) is 1.53. The summed E-state index contributed by atoms with van der Waals surface area (Å²) < 4.78 is 0. The molecule has 0 N–H and O–H groups in total. The second-order valence-corrected chi connectivity index (χ2v) is 2.39. The standard InChI is InChI=1S/C5H3Cl2NO/c6-3-1-2-4(9)8-5(3)7/h1-3H. The third kappa shape index (κ3) is 1.53. The maximum atomic E-state index is 10.4.